The number of aromatic amines is 1. The zero-order valence-electron chi connectivity index (χ0n) is 20.5. The minimum atomic E-state index is -5.05. The van der Waals surface area contributed by atoms with Gasteiger partial charge in [-0.2, -0.15) is 9.97 Å². The summed E-state index contributed by atoms with van der Waals surface area (Å²) in [4.78, 5) is 48.4. The van der Waals surface area contributed by atoms with Crippen LogP contribution in [0.4, 0.5) is 11.8 Å². The topological polar surface area (TPSA) is 306 Å². The number of ether oxygens (including phenoxy) is 2. The van der Waals surface area contributed by atoms with Crippen LogP contribution in [0, 0.1) is 3.57 Å². The third-order valence-electron chi connectivity index (χ3n) is 6.42. The first-order valence-electron chi connectivity index (χ1n) is 11.7. The minimum absolute atomic E-state index is 0.0508. The Balaban J connectivity index is 1.28. The number of aliphatic hydroxyl groups excluding tert-OH is 4. The van der Waals surface area contributed by atoms with E-state index in [-0.39, 0.29) is 22.9 Å². The van der Waals surface area contributed by atoms with Crippen LogP contribution < -0.4 is 22.7 Å². The number of nitrogens with one attached hydrogen (secondary N) is 1. The molecule has 2 fully saturated rings. The normalized spacial score (nSPS) is 31.6. The van der Waals surface area contributed by atoms with Crippen molar-refractivity contribution < 1.29 is 48.4 Å². The van der Waals surface area contributed by atoms with E-state index in [1.165, 1.54) is 6.20 Å². The van der Waals surface area contributed by atoms with Gasteiger partial charge in [-0.25, -0.2) is 14.3 Å². The maximum Gasteiger partial charge on any atom is 0.472 e. The van der Waals surface area contributed by atoms with Crippen LogP contribution in [0.25, 0.3) is 11.2 Å². The summed E-state index contributed by atoms with van der Waals surface area (Å²) >= 11 is 1.80. The average Bonchev–Trinajstić information content (AvgIpc) is 3.54. The SMILES string of the molecule is Nc1nc2c(ncn2C2OC(COP(=O)(O)OC3C(CO)OC(n4cc(I)c(N)nc4=O)C3O)C(O)C2O)c(=O)[nH]1. The Kier molecular flexibility index (Phi) is 8.21. The van der Waals surface area contributed by atoms with Crippen molar-refractivity contribution in [3.05, 3.63) is 36.9 Å². The van der Waals surface area contributed by atoms with Crippen LogP contribution in [0.2, 0.25) is 0 Å². The van der Waals surface area contributed by atoms with E-state index < -0.39 is 81.4 Å². The molecule has 22 heteroatoms. The summed E-state index contributed by atoms with van der Waals surface area (Å²) in [5, 5.41) is 41.5. The fourth-order valence-electron chi connectivity index (χ4n) is 4.44. The molecular weight excluding hydrogens is 690 g/mol. The second kappa shape index (κ2) is 11.3. The number of nitrogens with zero attached hydrogens (tertiary/aromatic N) is 5. The van der Waals surface area contributed by atoms with Gasteiger partial charge in [-0.15, -0.1) is 0 Å². The molecule has 0 spiro atoms. The van der Waals surface area contributed by atoms with Crippen LogP contribution in [0.3, 0.4) is 0 Å². The van der Waals surface area contributed by atoms with E-state index in [0.717, 1.165) is 15.5 Å². The quantitative estimate of drug-likeness (QED) is 0.0830. The standard InChI is InChI=1S/C19H24IN8O12P/c20-5-1-27(19(34)24-13(5)21)17-11(32)12(6(2-29)38-17)40-41(35,36)37-3-7-9(30)10(31)16(39-7)28-4-23-8-14(28)25-18(22)26-15(8)33/h1,4,6-7,9-12,16-17,29-32H,2-3H2,(H,35,36)(H2,21,24,34)(H3,22,25,26,33). The number of phosphoric ester groups is 1. The highest BCUT2D eigenvalue weighted by Gasteiger charge is 2.50. The van der Waals surface area contributed by atoms with E-state index in [1.54, 1.807) is 22.6 Å². The largest absolute Gasteiger partial charge is 0.472 e. The molecule has 3 aromatic rings. The summed E-state index contributed by atoms with van der Waals surface area (Å²) in [6, 6.07) is 0. The van der Waals surface area contributed by atoms with Gasteiger partial charge in [-0.1, -0.05) is 0 Å². The summed E-state index contributed by atoms with van der Waals surface area (Å²) in [5.41, 5.74) is 9.48. The van der Waals surface area contributed by atoms with Gasteiger partial charge in [0, 0.05) is 6.20 Å². The maximum absolute atomic E-state index is 12.8. The average molecular weight is 714 g/mol. The number of rotatable bonds is 8. The highest BCUT2D eigenvalue weighted by molar-refractivity contribution is 14.1. The molecule has 9 atom stereocenters. The van der Waals surface area contributed by atoms with Crippen LogP contribution in [0.5, 0.6) is 0 Å². The number of H-pyrrole nitrogens is 1. The van der Waals surface area contributed by atoms with Gasteiger partial charge in [0.15, 0.2) is 23.6 Å². The van der Waals surface area contributed by atoms with Gasteiger partial charge in [-0.3, -0.25) is 28.0 Å². The summed E-state index contributed by atoms with van der Waals surface area (Å²) < 4.78 is 36.3. The Morgan fingerprint density at radius 1 is 1.07 bits per heavy atom. The van der Waals surface area contributed by atoms with Gasteiger partial charge in [0.25, 0.3) is 5.56 Å². The van der Waals surface area contributed by atoms with E-state index >= 15 is 0 Å². The molecule has 3 aromatic heterocycles. The van der Waals surface area contributed by atoms with Crippen molar-refractivity contribution >= 4 is 53.3 Å². The molecule has 0 saturated carbocycles. The number of nitrogens with two attached hydrogens (primary N) is 2. The third-order valence-corrected chi connectivity index (χ3v) is 8.23. The molecule has 2 saturated heterocycles. The monoisotopic (exact) mass is 714 g/mol. The maximum atomic E-state index is 12.8. The molecule has 41 heavy (non-hydrogen) atoms. The summed E-state index contributed by atoms with van der Waals surface area (Å²) in [5.74, 6) is -0.289. The molecular formula is C19H24IN8O12P. The molecule has 20 nitrogen and oxygen atoms in total. The molecule has 0 bridgehead atoms. The third kappa shape index (κ3) is 5.62. The highest BCUT2D eigenvalue weighted by atomic mass is 127. The minimum Gasteiger partial charge on any atom is -0.394 e. The van der Waals surface area contributed by atoms with Crippen molar-refractivity contribution in [2.24, 2.45) is 0 Å². The van der Waals surface area contributed by atoms with E-state index in [1.807, 2.05) is 0 Å². The van der Waals surface area contributed by atoms with Gasteiger partial charge in [0.2, 0.25) is 5.95 Å². The molecule has 224 valence electrons. The zero-order valence-corrected chi connectivity index (χ0v) is 23.5. The predicted octanol–water partition coefficient (Wildman–Crippen LogP) is -3.48. The van der Waals surface area contributed by atoms with E-state index in [9.17, 15) is 39.5 Å². The summed E-state index contributed by atoms with van der Waals surface area (Å²) in [7, 11) is -5.05. The molecule has 5 rings (SSSR count). The van der Waals surface area contributed by atoms with Crippen molar-refractivity contribution in [3.8, 4) is 0 Å². The number of aromatic nitrogens is 6. The van der Waals surface area contributed by atoms with E-state index in [0.29, 0.717) is 3.57 Å². The van der Waals surface area contributed by atoms with Crippen molar-refractivity contribution in [2.75, 3.05) is 24.7 Å². The lowest BCUT2D eigenvalue weighted by Crippen LogP contribution is -2.38. The Morgan fingerprint density at radius 3 is 2.46 bits per heavy atom. The Hall–Kier alpha value is -2.57. The van der Waals surface area contributed by atoms with Crippen molar-refractivity contribution in [2.45, 2.75) is 49.1 Å². The molecule has 0 radical (unpaired) electrons. The molecule has 2 aliphatic rings. The van der Waals surface area contributed by atoms with Gasteiger partial charge in [0.05, 0.1) is 23.1 Å². The molecule has 9 unspecified atom stereocenters. The molecule has 2 aliphatic heterocycles. The number of phosphoric acid groups is 1. The Labute approximate surface area is 241 Å². The number of fused-ring (bicyclic) bond motifs is 1. The number of nitrogen functional groups attached to an aromatic ring is 2. The first-order chi connectivity index (χ1) is 19.3. The lowest BCUT2D eigenvalue weighted by Gasteiger charge is -2.23. The number of hydrogen-bond donors (Lipinski definition) is 8. The van der Waals surface area contributed by atoms with Crippen LogP contribution in [0.15, 0.2) is 22.1 Å². The second-order valence-corrected chi connectivity index (χ2v) is 11.6. The zero-order chi connectivity index (χ0) is 29.8. The smallest absolute Gasteiger partial charge is 0.394 e. The van der Waals surface area contributed by atoms with Crippen LogP contribution in [0.1, 0.15) is 12.5 Å². The second-order valence-electron chi connectivity index (χ2n) is 9.06. The Morgan fingerprint density at radius 2 is 1.76 bits per heavy atom. The lowest BCUT2D eigenvalue weighted by molar-refractivity contribution is -0.0594. The molecule has 0 aromatic carbocycles. The number of imidazole rings is 1. The molecule has 5 heterocycles. The highest BCUT2D eigenvalue weighted by Crippen LogP contribution is 2.49. The molecule has 0 amide bonds. The predicted molar refractivity (Wildman–Crippen MR) is 142 cm³/mol. The van der Waals surface area contributed by atoms with Gasteiger partial charge in [-0.05, 0) is 22.6 Å². The van der Waals surface area contributed by atoms with Crippen molar-refractivity contribution in [1.29, 1.82) is 0 Å². The Bertz CT molecular complexity index is 1620. The van der Waals surface area contributed by atoms with Gasteiger partial charge >= 0.3 is 13.5 Å². The fraction of sp³-hybridized carbons (Fsp3) is 0.526. The number of halogens is 1. The van der Waals surface area contributed by atoms with Gasteiger partial charge < -0.3 is 46.3 Å². The fourth-order valence-corrected chi connectivity index (χ4v) is 5.83. The molecule has 0 aliphatic carbocycles. The number of aliphatic hydroxyl groups is 4. The summed E-state index contributed by atoms with van der Waals surface area (Å²) in [6.07, 6.45) is -9.81. The van der Waals surface area contributed by atoms with Crippen LogP contribution in [-0.2, 0) is 23.1 Å². The van der Waals surface area contributed by atoms with Crippen LogP contribution in [-0.4, -0.2) is 104 Å². The number of anilines is 2. The molecule has 10 N–H and O–H groups in total. The first kappa shape index (κ1) is 29.9. The number of hydrogen-bond acceptors (Lipinski definition) is 16. The van der Waals surface area contributed by atoms with E-state index in [2.05, 4.69) is 19.9 Å². The van der Waals surface area contributed by atoms with Gasteiger partial charge in [0.1, 0.15) is 42.4 Å². The summed E-state index contributed by atoms with van der Waals surface area (Å²) in [6.45, 7) is -1.56. The van der Waals surface area contributed by atoms with Crippen LogP contribution >= 0.6 is 30.4 Å². The van der Waals surface area contributed by atoms with E-state index in [4.69, 9.17) is 30.0 Å². The van der Waals surface area contributed by atoms with Crippen molar-refractivity contribution in [3.63, 3.8) is 0 Å². The first-order valence-corrected chi connectivity index (χ1v) is 14.3. The van der Waals surface area contributed by atoms with Crippen molar-refractivity contribution in [1.82, 2.24) is 29.1 Å². The lowest BCUT2D eigenvalue weighted by atomic mass is 10.1.